The van der Waals surface area contributed by atoms with Gasteiger partial charge in [-0.1, -0.05) is 63.3 Å². The van der Waals surface area contributed by atoms with Crippen molar-refractivity contribution in [3.63, 3.8) is 0 Å². The molecule has 0 amide bonds. The molecule has 19 heavy (non-hydrogen) atoms. The van der Waals surface area contributed by atoms with Gasteiger partial charge >= 0.3 is 0 Å². The second-order valence-electron chi connectivity index (χ2n) is 5.23. The summed E-state index contributed by atoms with van der Waals surface area (Å²) in [6, 6.07) is 9.11. The van der Waals surface area contributed by atoms with Crippen molar-refractivity contribution in [2.75, 3.05) is 6.54 Å². The van der Waals surface area contributed by atoms with Crippen molar-refractivity contribution < 1.29 is 0 Å². The van der Waals surface area contributed by atoms with E-state index in [2.05, 4.69) is 31.2 Å². The molecule has 0 fully saturated rings. The fourth-order valence-corrected chi connectivity index (χ4v) is 2.29. The molecular weight excluding hydrogens is 254 g/mol. The number of benzene rings is 1. The SMILES string of the molecule is CCCCCCCCc1ccc(CCCN)cc1.Cl. The van der Waals surface area contributed by atoms with Gasteiger partial charge in [-0.25, -0.2) is 0 Å². The summed E-state index contributed by atoms with van der Waals surface area (Å²) >= 11 is 0. The third kappa shape index (κ3) is 9.07. The van der Waals surface area contributed by atoms with E-state index >= 15 is 0 Å². The van der Waals surface area contributed by atoms with Gasteiger partial charge in [-0.3, -0.25) is 0 Å². The smallest absolute Gasteiger partial charge is 0.00741 e. The van der Waals surface area contributed by atoms with E-state index < -0.39 is 0 Å². The zero-order valence-corrected chi connectivity index (χ0v) is 13.2. The topological polar surface area (TPSA) is 26.0 Å². The first kappa shape index (κ1) is 18.5. The summed E-state index contributed by atoms with van der Waals surface area (Å²) in [7, 11) is 0. The Morgan fingerprint density at radius 3 is 1.74 bits per heavy atom. The van der Waals surface area contributed by atoms with E-state index in [1.165, 1.54) is 56.1 Å². The highest BCUT2D eigenvalue weighted by Crippen LogP contribution is 2.11. The molecule has 2 heteroatoms. The lowest BCUT2D eigenvalue weighted by molar-refractivity contribution is 0.607. The third-order valence-corrected chi connectivity index (χ3v) is 3.51. The zero-order chi connectivity index (χ0) is 13.1. The minimum absolute atomic E-state index is 0. The molecule has 0 heterocycles. The summed E-state index contributed by atoms with van der Waals surface area (Å²) in [6.45, 7) is 3.06. The summed E-state index contributed by atoms with van der Waals surface area (Å²) < 4.78 is 0. The second-order valence-corrected chi connectivity index (χ2v) is 5.23. The average molecular weight is 284 g/mol. The molecule has 1 aromatic carbocycles. The molecule has 0 aliphatic rings. The Kier molecular flexibility index (Phi) is 12.2. The lowest BCUT2D eigenvalue weighted by Crippen LogP contribution is -2.00. The Morgan fingerprint density at radius 1 is 0.737 bits per heavy atom. The molecule has 0 aliphatic heterocycles. The van der Waals surface area contributed by atoms with Gasteiger partial charge in [0.05, 0.1) is 0 Å². The van der Waals surface area contributed by atoms with Crippen LogP contribution in [0.4, 0.5) is 0 Å². The van der Waals surface area contributed by atoms with E-state index in [0.29, 0.717) is 0 Å². The fourth-order valence-electron chi connectivity index (χ4n) is 2.29. The second kappa shape index (κ2) is 12.5. The Bertz CT molecular complexity index is 295. The van der Waals surface area contributed by atoms with Crippen LogP contribution in [-0.4, -0.2) is 6.54 Å². The Hall–Kier alpha value is -0.530. The highest BCUT2D eigenvalue weighted by atomic mass is 35.5. The molecule has 0 unspecified atom stereocenters. The molecule has 0 radical (unpaired) electrons. The van der Waals surface area contributed by atoms with Gasteiger partial charge in [-0.15, -0.1) is 12.4 Å². The summed E-state index contributed by atoms with van der Waals surface area (Å²) in [5.74, 6) is 0. The zero-order valence-electron chi connectivity index (χ0n) is 12.4. The van der Waals surface area contributed by atoms with Crippen LogP contribution in [0.3, 0.4) is 0 Å². The predicted octanol–water partition coefficient (Wildman–Crippen LogP) is 4.90. The number of nitrogens with two attached hydrogens (primary N) is 1. The van der Waals surface area contributed by atoms with Crippen molar-refractivity contribution in [1.29, 1.82) is 0 Å². The number of aryl methyl sites for hydroxylation is 2. The molecule has 2 N–H and O–H groups in total. The minimum atomic E-state index is 0. The Labute approximate surface area is 125 Å². The monoisotopic (exact) mass is 283 g/mol. The molecule has 0 atom stereocenters. The summed E-state index contributed by atoms with van der Waals surface area (Å²) in [6.07, 6.45) is 11.7. The lowest BCUT2D eigenvalue weighted by atomic mass is 10.0. The van der Waals surface area contributed by atoms with Gasteiger partial charge in [-0.05, 0) is 43.4 Å². The molecular formula is C17H30ClN. The van der Waals surface area contributed by atoms with Crippen LogP contribution >= 0.6 is 12.4 Å². The molecule has 0 saturated heterocycles. The molecule has 0 aromatic heterocycles. The number of hydrogen-bond acceptors (Lipinski definition) is 1. The average Bonchev–Trinajstić information content (AvgIpc) is 2.42. The molecule has 1 nitrogen and oxygen atoms in total. The lowest BCUT2D eigenvalue weighted by Gasteiger charge is -2.04. The quantitative estimate of drug-likeness (QED) is 0.607. The Balaban J connectivity index is 0.00000324. The first-order chi connectivity index (χ1) is 8.86. The summed E-state index contributed by atoms with van der Waals surface area (Å²) in [5, 5.41) is 0. The molecule has 0 bridgehead atoms. The van der Waals surface area contributed by atoms with Crippen LogP contribution in [0.5, 0.6) is 0 Å². The number of hydrogen-bond donors (Lipinski definition) is 1. The van der Waals surface area contributed by atoms with Gasteiger partial charge in [0.1, 0.15) is 0 Å². The highest BCUT2D eigenvalue weighted by Gasteiger charge is 1.96. The van der Waals surface area contributed by atoms with Crippen LogP contribution in [0.2, 0.25) is 0 Å². The molecule has 110 valence electrons. The molecule has 0 aliphatic carbocycles. The maximum atomic E-state index is 5.52. The fraction of sp³-hybridized carbons (Fsp3) is 0.647. The minimum Gasteiger partial charge on any atom is -0.330 e. The van der Waals surface area contributed by atoms with Gasteiger partial charge in [0, 0.05) is 0 Å². The summed E-state index contributed by atoms with van der Waals surface area (Å²) in [5.41, 5.74) is 8.43. The number of rotatable bonds is 10. The van der Waals surface area contributed by atoms with E-state index in [-0.39, 0.29) is 12.4 Å². The van der Waals surface area contributed by atoms with Crippen LogP contribution < -0.4 is 5.73 Å². The van der Waals surface area contributed by atoms with Gasteiger partial charge in [0.25, 0.3) is 0 Å². The van der Waals surface area contributed by atoms with E-state index in [1.807, 2.05) is 0 Å². The Morgan fingerprint density at radius 2 is 1.21 bits per heavy atom. The van der Waals surface area contributed by atoms with Crippen molar-refractivity contribution in [3.8, 4) is 0 Å². The van der Waals surface area contributed by atoms with Gasteiger partial charge < -0.3 is 5.73 Å². The van der Waals surface area contributed by atoms with Gasteiger partial charge in [-0.2, -0.15) is 0 Å². The first-order valence-electron chi connectivity index (χ1n) is 7.64. The molecule has 0 saturated carbocycles. The number of unbranched alkanes of at least 4 members (excludes halogenated alkanes) is 5. The van der Waals surface area contributed by atoms with Crippen molar-refractivity contribution in [2.45, 2.75) is 64.7 Å². The van der Waals surface area contributed by atoms with E-state index in [0.717, 1.165) is 19.4 Å². The molecule has 1 aromatic rings. The number of halogens is 1. The van der Waals surface area contributed by atoms with Crippen LogP contribution in [0.25, 0.3) is 0 Å². The van der Waals surface area contributed by atoms with E-state index in [1.54, 1.807) is 0 Å². The van der Waals surface area contributed by atoms with Crippen molar-refractivity contribution in [1.82, 2.24) is 0 Å². The molecule has 0 spiro atoms. The third-order valence-electron chi connectivity index (χ3n) is 3.51. The van der Waals surface area contributed by atoms with Crippen molar-refractivity contribution in [3.05, 3.63) is 35.4 Å². The normalized spacial score (nSPS) is 10.2. The van der Waals surface area contributed by atoms with E-state index in [4.69, 9.17) is 5.73 Å². The predicted molar refractivity (Wildman–Crippen MR) is 88.1 cm³/mol. The first-order valence-corrected chi connectivity index (χ1v) is 7.64. The maximum absolute atomic E-state index is 5.52. The largest absolute Gasteiger partial charge is 0.330 e. The van der Waals surface area contributed by atoms with Crippen LogP contribution in [0.1, 0.15) is 63.0 Å². The van der Waals surface area contributed by atoms with Crippen LogP contribution in [0.15, 0.2) is 24.3 Å². The van der Waals surface area contributed by atoms with Crippen LogP contribution in [0, 0.1) is 0 Å². The maximum Gasteiger partial charge on any atom is -0.00741 e. The molecule has 1 rings (SSSR count). The standard InChI is InChI=1S/C17H29N.ClH/c1-2-3-4-5-6-7-9-16-11-13-17(14-12-16)10-8-15-18;/h11-14H,2-10,15,18H2,1H3;1H. The summed E-state index contributed by atoms with van der Waals surface area (Å²) in [4.78, 5) is 0. The van der Waals surface area contributed by atoms with Crippen molar-refractivity contribution in [2.24, 2.45) is 5.73 Å². The van der Waals surface area contributed by atoms with Crippen LogP contribution in [-0.2, 0) is 12.8 Å². The highest BCUT2D eigenvalue weighted by molar-refractivity contribution is 5.85. The van der Waals surface area contributed by atoms with E-state index in [9.17, 15) is 0 Å². The van der Waals surface area contributed by atoms with Gasteiger partial charge in [0.2, 0.25) is 0 Å². The van der Waals surface area contributed by atoms with Gasteiger partial charge in [0.15, 0.2) is 0 Å². The van der Waals surface area contributed by atoms with Crippen molar-refractivity contribution >= 4 is 12.4 Å².